The van der Waals surface area contributed by atoms with Gasteiger partial charge in [-0.25, -0.2) is 4.90 Å². The maximum atomic E-state index is 13.8. The molecule has 0 fully saturated rings. The van der Waals surface area contributed by atoms with Crippen LogP contribution in [-0.4, -0.2) is 18.9 Å². The van der Waals surface area contributed by atoms with E-state index in [1.165, 1.54) is 4.90 Å². The Bertz CT molecular complexity index is 1300. The number of nitrogens with one attached hydrogen (secondary N) is 1. The van der Waals surface area contributed by atoms with Gasteiger partial charge in [0.25, 0.3) is 11.8 Å². The maximum Gasteiger partial charge on any atom is 0.282 e. The lowest BCUT2D eigenvalue weighted by molar-refractivity contribution is -0.120. The molecule has 3 aromatic carbocycles. The van der Waals surface area contributed by atoms with E-state index in [4.69, 9.17) is 4.74 Å². The Morgan fingerprint density at radius 1 is 0.824 bits per heavy atom. The van der Waals surface area contributed by atoms with Crippen molar-refractivity contribution >= 4 is 28.8 Å². The molecule has 174 valence electrons. The fourth-order valence-corrected chi connectivity index (χ4v) is 4.11. The summed E-state index contributed by atoms with van der Waals surface area (Å²) in [4.78, 5) is 28.7. The van der Waals surface area contributed by atoms with Crippen molar-refractivity contribution in [1.29, 1.82) is 0 Å². The first kappa shape index (κ1) is 23.3. The fourth-order valence-electron chi connectivity index (χ4n) is 4.11. The van der Waals surface area contributed by atoms with Crippen LogP contribution >= 0.6 is 0 Å². The molecule has 0 saturated carbocycles. The first-order chi connectivity index (χ1) is 16.1. The van der Waals surface area contributed by atoms with Crippen LogP contribution in [0.5, 0.6) is 5.75 Å². The minimum absolute atomic E-state index is 0.0339. The summed E-state index contributed by atoms with van der Waals surface area (Å²) in [7, 11) is 1.56. The van der Waals surface area contributed by atoms with Gasteiger partial charge in [0.05, 0.1) is 18.4 Å². The molecule has 0 unspecified atom stereocenters. The molecule has 5 nitrogen and oxygen atoms in total. The highest BCUT2D eigenvalue weighted by Crippen LogP contribution is 2.38. The zero-order chi connectivity index (χ0) is 24.6. The van der Waals surface area contributed by atoms with Gasteiger partial charge in [-0.3, -0.25) is 9.59 Å². The van der Waals surface area contributed by atoms with Crippen molar-refractivity contribution < 1.29 is 14.3 Å². The van der Waals surface area contributed by atoms with Crippen LogP contribution in [-0.2, 0) is 15.0 Å². The van der Waals surface area contributed by atoms with E-state index in [0.29, 0.717) is 22.6 Å². The third-order valence-electron chi connectivity index (χ3n) is 6.32. The van der Waals surface area contributed by atoms with Crippen molar-refractivity contribution in [1.82, 2.24) is 0 Å². The fraction of sp³-hybridized carbons (Fsp3) is 0.241. The number of para-hydroxylation sites is 1. The molecule has 1 heterocycles. The summed E-state index contributed by atoms with van der Waals surface area (Å²) in [5, 5.41) is 3.28. The molecule has 0 atom stereocenters. The number of aryl methyl sites for hydroxylation is 1. The Morgan fingerprint density at radius 2 is 1.50 bits per heavy atom. The molecule has 1 N–H and O–H groups in total. The van der Waals surface area contributed by atoms with Gasteiger partial charge in [0.15, 0.2) is 0 Å². The van der Waals surface area contributed by atoms with Crippen LogP contribution in [0.4, 0.5) is 11.4 Å². The maximum absolute atomic E-state index is 13.8. The number of ether oxygens (including phenoxy) is 1. The highest BCUT2D eigenvalue weighted by Gasteiger charge is 2.41. The second-order valence-electron chi connectivity index (χ2n) is 9.57. The van der Waals surface area contributed by atoms with Gasteiger partial charge in [0.2, 0.25) is 0 Å². The number of methoxy groups -OCH3 is 1. The quantitative estimate of drug-likeness (QED) is 0.480. The normalized spacial score (nSPS) is 14.1. The van der Waals surface area contributed by atoms with E-state index in [1.807, 2.05) is 68.4 Å². The first-order valence-corrected chi connectivity index (χ1v) is 11.3. The molecular formula is C29H30N2O3. The van der Waals surface area contributed by atoms with Crippen molar-refractivity contribution in [2.45, 2.75) is 40.0 Å². The van der Waals surface area contributed by atoms with Gasteiger partial charge in [-0.15, -0.1) is 0 Å². The number of benzene rings is 3. The van der Waals surface area contributed by atoms with Crippen LogP contribution in [0.3, 0.4) is 0 Å². The van der Waals surface area contributed by atoms with Gasteiger partial charge in [0.1, 0.15) is 11.4 Å². The monoisotopic (exact) mass is 454 g/mol. The number of carbonyl (C=O) groups is 2. The van der Waals surface area contributed by atoms with Gasteiger partial charge in [-0.1, -0.05) is 63.2 Å². The summed E-state index contributed by atoms with van der Waals surface area (Å²) in [6.07, 6.45) is 0. The topological polar surface area (TPSA) is 58.6 Å². The molecule has 0 aliphatic carbocycles. The molecule has 34 heavy (non-hydrogen) atoms. The zero-order valence-electron chi connectivity index (χ0n) is 20.5. The van der Waals surface area contributed by atoms with Crippen LogP contribution in [0.25, 0.3) is 5.57 Å². The smallest absolute Gasteiger partial charge is 0.282 e. The van der Waals surface area contributed by atoms with Crippen LogP contribution in [0, 0.1) is 13.8 Å². The molecule has 0 radical (unpaired) electrons. The molecule has 0 bridgehead atoms. The number of hydrogen-bond acceptors (Lipinski definition) is 4. The predicted molar refractivity (Wildman–Crippen MR) is 137 cm³/mol. The van der Waals surface area contributed by atoms with Gasteiger partial charge >= 0.3 is 0 Å². The molecule has 0 aromatic heterocycles. The van der Waals surface area contributed by atoms with Crippen molar-refractivity contribution in [2.75, 3.05) is 17.3 Å². The number of nitrogens with zero attached hydrogens (tertiary/aromatic N) is 1. The van der Waals surface area contributed by atoms with Gasteiger partial charge in [-0.2, -0.15) is 0 Å². The van der Waals surface area contributed by atoms with Crippen molar-refractivity contribution in [3.8, 4) is 5.75 Å². The number of amides is 2. The molecule has 5 heteroatoms. The number of hydrogen-bond donors (Lipinski definition) is 1. The minimum Gasteiger partial charge on any atom is -0.496 e. The van der Waals surface area contributed by atoms with Gasteiger partial charge in [0, 0.05) is 11.3 Å². The number of rotatable bonds is 5. The SMILES string of the molecule is COc1ccccc1C1=C(Nc2cccc(C)c2C)C(=O)N(c2ccc(C(C)(C)C)cc2)C1=O. The third-order valence-corrected chi connectivity index (χ3v) is 6.32. The Hall–Kier alpha value is -3.86. The van der Waals surface area contributed by atoms with E-state index in [0.717, 1.165) is 22.4 Å². The largest absolute Gasteiger partial charge is 0.496 e. The Balaban J connectivity index is 1.84. The van der Waals surface area contributed by atoms with E-state index in [2.05, 4.69) is 26.1 Å². The van der Waals surface area contributed by atoms with Crippen LogP contribution in [0.1, 0.15) is 43.0 Å². The molecule has 0 spiro atoms. The van der Waals surface area contributed by atoms with E-state index in [1.54, 1.807) is 19.2 Å². The molecule has 0 saturated heterocycles. The standard InChI is InChI=1S/C29H30N2O3/c1-18-10-9-12-23(19(18)2)30-26-25(22-11-7-8-13-24(22)34-6)27(32)31(28(26)33)21-16-14-20(15-17-21)29(3,4)5/h7-17,30H,1-6H3. The average molecular weight is 455 g/mol. The van der Waals surface area contributed by atoms with E-state index in [-0.39, 0.29) is 17.0 Å². The first-order valence-electron chi connectivity index (χ1n) is 11.3. The lowest BCUT2D eigenvalue weighted by Gasteiger charge is -2.21. The van der Waals surface area contributed by atoms with Crippen molar-refractivity contribution in [2.24, 2.45) is 0 Å². The summed E-state index contributed by atoms with van der Waals surface area (Å²) in [6.45, 7) is 10.4. The summed E-state index contributed by atoms with van der Waals surface area (Å²) >= 11 is 0. The second-order valence-corrected chi connectivity index (χ2v) is 9.57. The second kappa shape index (κ2) is 8.82. The molecular weight excluding hydrogens is 424 g/mol. The molecule has 2 amide bonds. The molecule has 1 aliphatic heterocycles. The lowest BCUT2D eigenvalue weighted by atomic mass is 9.87. The Kier molecular flexibility index (Phi) is 6.05. The van der Waals surface area contributed by atoms with Gasteiger partial charge in [-0.05, 0) is 60.2 Å². The third kappa shape index (κ3) is 4.10. The van der Waals surface area contributed by atoms with Crippen LogP contribution in [0.2, 0.25) is 0 Å². The summed E-state index contributed by atoms with van der Waals surface area (Å²) < 4.78 is 5.53. The van der Waals surface area contributed by atoms with E-state index in [9.17, 15) is 9.59 Å². The molecule has 4 rings (SSSR count). The number of anilines is 2. The van der Waals surface area contributed by atoms with Crippen LogP contribution in [0.15, 0.2) is 72.4 Å². The zero-order valence-corrected chi connectivity index (χ0v) is 20.5. The van der Waals surface area contributed by atoms with Crippen molar-refractivity contribution in [3.63, 3.8) is 0 Å². The minimum atomic E-state index is -0.393. The molecule has 3 aromatic rings. The summed E-state index contributed by atoms with van der Waals surface area (Å²) in [5.41, 5.74) is 5.63. The molecule has 1 aliphatic rings. The van der Waals surface area contributed by atoms with Crippen molar-refractivity contribution in [3.05, 3.63) is 94.7 Å². The Morgan fingerprint density at radius 3 is 2.15 bits per heavy atom. The van der Waals surface area contributed by atoms with E-state index < -0.39 is 5.91 Å². The number of imide groups is 1. The summed E-state index contributed by atoms with van der Waals surface area (Å²) in [5.74, 6) is -0.245. The predicted octanol–water partition coefficient (Wildman–Crippen LogP) is 6.01. The average Bonchev–Trinajstić information content (AvgIpc) is 3.05. The number of carbonyl (C=O) groups excluding carboxylic acids is 2. The van der Waals surface area contributed by atoms with Gasteiger partial charge < -0.3 is 10.1 Å². The van der Waals surface area contributed by atoms with Crippen LogP contribution < -0.4 is 15.0 Å². The Labute approximate surface area is 201 Å². The van der Waals surface area contributed by atoms with E-state index >= 15 is 0 Å². The highest BCUT2D eigenvalue weighted by atomic mass is 16.5. The highest BCUT2D eigenvalue weighted by molar-refractivity contribution is 6.46. The summed E-state index contributed by atoms with van der Waals surface area (Å²) in [6, 6.07) is 20.7. The lowest BCUT2D eigenvalue weighted by Crippen LogP contribution is -2.32.